The van der Waals surface area contributed by atoms with Crippen molar-refractivity contribution in [2.75, 3.05) is 13.2 Å². The second-order valence-electron chi connectivity index (χ2n) is 2.94. The van der Waals surface area contributed by atoms with Crippen molar-refractivity contribution in [2.24, 2.45) is 4.99 Å². The van der Waals surface area contributed by atoms with E-state index in [2.05, 4.69) is 4.99 Å². The summed E-state index contributed by atoms with van der Waals surface area (Å²) in [6.45, 7) is 1.45. The van der Waals surface area contributed by atoms with E-state index in [1.54, 1.807) is 0 Å². The van der Waals surface area contributed by atoms with Gasteiger partial charge in [-0.05, 0) is 24.3 Å². The molecule has 8 heteroatoms. The van der Waals surface area contributed by atoms with E-state index in [0.29, 0.717) is 6.61 Å². The Morgan fingerprint density at radius 2 is 1.76 bits per heavy atom. The Kier molecular flexibility index (Phi) is 5.13. The van der Waals surface area contributed by atoms with Crippen LogP contribution in [0.15, 0.2) is 29.3 Å². The molecule has 0 saturated carbocycles. The molecule has 0 saturated heterocycles. The van der Waals surface area contributed by atoms with Crippen molar-refractivity contribution < 1.29 is 33.6 Å². The van der Waals surface area contributed by atoms with Crippen molar-refractivity contribution in [1.29, 1.82) is 0 Å². The van der Waals surface area contributed by atoms with E-state index >= 15 is 0 Å². The summed E-state index contributed by atoms with van der Waals surface area (Å²) >= 11 is 5.74. The van der Waals surface area contributed by atoms with E-state index < -0.39 is 10.2 Å². The van der Waals surface area contributed by atoms with Gasteiger partial charge in [0.2, 0.25) is 5.90 Å². The highest BCUT2D eigenvalue weighted by Gasteiger charge is 2.08. The van der Waals surface area contributed by atoms with Crippen LogP contribution in [0.4, 0.5) is 0 Å². The fourth-order valence-electron chi connectivity index (χ4n) is 1.10. The Bertz CT molecular complexity index is 381. The number of aliphatic imine (C=N–C) groups is 1. The van der Waals surface area contributed by atoms with Crippen LogP contribution in [0.3, 0.4) is 0 Å². The first-order valence-corrected chi connectivity index (χ1v) is 6.07. The van der Waals surface area contributed by atoms with E-state index in [1.807, 2.05) is 24.3 Å². The fourth-order valence-corrected chi connectivity index (χ4v) is 1.23. The number of halogens is 2. The van der Waals surface area contributed by atoms with Gasteiger partial charge in [0.15, 0.2) is 0 Å². The summed E-state index contributed by atoms with van der Waals surface area (Å²) in [6, 6.07) is 7.49. The van der Waals surface area contributed by atoms with Crippen molar-refractivity contribution in [3.63, 3.8) is 0 Å². The van der Waals surface area contributed by atoms with Gasteiger partial charge in [-0.15, -0.1) is 0 Å². The van der Waals surface area contributed by atoms with Gasteiger partial charge in [0.1, 0.15) is 6.61 Å². The molecule has 94 valence electrons. The molecule has 0 unspecified atom stereocenters. The van der Waals surface area contributed by atoms with Gasteiger partial charge in [0.25, 0.3) is 0 Å². The molecule has 0 radical (unpaired) electrons. The van der Waals surface area contributed by atoms with Gasteiger partial charge < -0.3 is 4.74 Å². The molecule has 0 amide bonds. The average Bonchev–Trinajstić information content (AvgIpc) is 2.69. The lowest BCUT2D eigenvalue weighted by molar-refractivity contribution is -1.92. The zero-order chi connectivity index (χ0) is 12.9. The largest absolute Gasteiger partial charge is 0.476 e. The molecular formula is C9H9Cl2NO5. The molecule has 1 N–H and O–H groups in total. The summed E-state index contributed by atoms with van der Waals surface area (Å²) in [5, 5.41) is 0.734. The van der Waals surface area contributed by atoms with E-state index in [9.17, 15) is 0 Å². The minimum absolute atomic E-state index is 0.692. The molecule has 0 spiro atoms. The van der Waals surface area contributed by atoms with Gasteiger partial charge in [0.05, 0.1) is 21.4 Å². The lowest BCUT2D eigenvalue weighted by atomic mass is 10.2. The van der Waals surface area contributed by atoms with Gasteiger partial charge in [-0.2, -0.15) is 14.0 Å². The van der Waals surface area contributed by atoms with Crippen LogP contribution in [-0.2, 0) is 4.74 Å². The van der Waals surface area contributed by atoms with Gasteiger partial charge in [-0.3, -0.25) is 0 Å². The quantitative estimate of drug-likeness (QED) is 0.640. The summed E-state index contributed by atoms with van der Waals surface area (Å²) in [7, 11) is -4.69. The van der Waals surface area contributed by atoms with Crippen LogP contribution in [0, 0.1) is 10.2 Å². The van der Waals surface area contributed by atoms with Crippen LogP contribution in [0.5, 0.6) is 0 Å². The predicted molar refractivity (Wildman–Crippen MR) is 51.0 cm³/mol. The molecule has 1 aliphatic heterocycles. The molecule has 0 atom stereocenters. The molecule has 1 aromatic carbocycles. The van der Waals surface area contributed by atoms with E-state index in [0.717, 1.165) is 23.0 Å². The highest BCUT2D eigenvalue weighted by molar-refractivity contribution is 6.30. The second-order valence-corrected chi connectivity index (χ2v) is 4.17. The van der Waals surface area contributed by atoms with E-state index in [-0.39, 0.29) is 0 Å². The zero-order valence-electron chi connectivity index (χ0n) is 8.51. The zero-order valence-corrected chi connectivity index (χ0v) is 10.0. The van der Waals surface area contributed by atoms with Crippen molar-refractivity contribution in [1.82, 2.24) is 0 Å². The van der Waals surface area contributed by atoms with E-state index in [4.69, 9.17) is 35.0 Å². The Hall–Kier alpha value is -0.890. The maximum absolute atomic E-state index is 8.60. The van der Waals surface area contributed by atoms with Gasteiger partial charge in [0, 0.05) is 10.6 Å². The standard InChI is InChI=1S/C9H8ClNO.ClHO4/c10-8-3-1-7(2-4-8)9-11-5-6-12-9;2-1(3,4)5/h1-4H,5-6H2;(H,2,3,4,5). The molecule has 0 bridgehead atoms. The van der Waals surface area contributed by atoms with Crippen LogP contribution >= 0.6 is 11.6 Å². The summed E-state index contributed by atoms with van der Waals surface area (Å²) in [5.74, 6) is 0.728. The SMILES string of the molecule is Clc1ccc(C2=NCCO2)cc1.[O-][Cl+3]([O-])([O-])O. The molecule has 0 fully saturated rings. The lowest BCUT2D eigenvalue weighted by Gasteiger charge is -2.03. The van der Waals surface area contributed by atoms with Crippen LogP contribution in [0.2, 0.25) is 5.02 Å². The van der Waals surface area contributed by atoms with Crippen LogP contribution < -0.4 is 14.0 Å². The minimum atomic E-state index is -4.69. The first kappa shape index (κ1) is 14.2. The number of benzene rings is 1. The summed E-state index contributed by atoms with van der Waals surface area (Å²) < 4.78 is 38.0. The van der Waals surface area contributed by atoms with Crippen molar-refractivity contribution >= 4 is 17.5 Å². The van der Waals surface area contributed by atoms with Crippen LogP contribution in [-0.4, -0.2) is 23.7 Å². The molecule has 1 aliphatic rings. The van der Waals surface area contributed by atoms with Gasteiger partial charge in [-0.25, -0.2) is 4.99 Å². The Balaban J connectivity index is 0.000000249. The first-order valence-electron chi connectivity index (χ1n) is 4.42. The van der Waals surface area contributed by atoms with Crippen molar-refractivity contribution in [2.45, 2.75) is 0 Å². The second kappa shape index (κ2) is 6.15. The van der Waals surface area contributed by atoms with Gasteiger partial charge in [-0.1, -0.05) is 11.6 Å². The number of nitrogens with zero attached hydrogens (tertiary/aromatic N) is 1. The molecule has 1 heterocycles. The highest BCUT2D eigenvalue weighted by atomic mass is 35.7. The van der Waals surface area contributed by atoms with E-state index in [1.165, 1.54) is 0 Å². The minimum Gasteiger partial charge on any atom is -0.476 e. The number of hydrogen-bond acceptors (Lipinski definition) is 6. The Morgan fingerprint density at radius 3 is 2.18 bits per heavy atom. The topological polar surface area (TPSA) is 111 Å². The highest BCUT2D eigenvalue weighted by Crippen LogP contribution is 2.12. The number of ether oxygens (including phenoxy) is 1. The third-order valence-electron chi connectivity index (χ3n) is 1.68. The van der Waals surface area contributed by atoms with Crippen LogP contribution in [0.1, 0.15) is 5.56 Å². The van der Waals surface area contributed by atoms with Gasteiger partial charge >= 0.3 is 0 Å². The molecular weight excluding hydrogens is 273 g/mol. The fraction of sp³-hybridized carbons (Fsp3) is 0.222. The normalized spacial score (nSPS) is 14.5. The predicted octanol–water partition coefficient (Wildman–Crippen LogP) is -2.01. The summed E-state index contributed by atoms with van der Waals surface area (Å²) in [6.07, 6.45) is 0. The molecule has 6 nitrogen and oxygen atoms in total. The summed E-state index contributed by atoms with van der Waals surface area (Å²) in [5.41, 5.74) is 0.997. The third-order valence-corrected chi connectivity index (χ3v) is 1.93. The average molecular weight is 282 g/mol. The monoisotopic (exact) mass is 281 g/mol. The third kappa shape index (κ3) is 6.42. The maximum Gasteiger partial charge on any atom is 0.216 e. The Morgan fingerprint density at radius 1 is 1.24 bits per heavy atom. The Labute approximate surface area is 104 Å². The molecule has 0 aromatic heterocycles. The number of hydrogen-bond donors (Lipinski definition) is 1. The lowest BCUT2D eigenvalue weighted by Crippen LogP contribution is -2.58. The maximum atomic E-state index is 8.60. The summed E-state index contributed by atoms with van der Waals surface area (Å²) in [4.78, 5) is 4.19. The van der Waals surface area contributed by atoms with Crippen LogP contribution in [0.25, 0.3) is 0 Å². The smallest absolute Gasteiger partial charge is 0.216 e. The van der Waals surface area contributed by atoms with Crippen molar-refractivity contribution in [3.8, 4) is 0 Å². The molecule has 17 heavy (non-hydrogen) atoms. The molecule has 2 rings (SSSR count). The van der Waals surface area contributed by atoms with Crippen molar-refractivity contribution in [3.05, 3.63) is 34.9 Å². The number of rotatable bonds is 1. The molecule has 1 aromatic rings. The molecule has 0 aliphatic carbocycles. The first-order chi connectivity index (χ1) is 7.86.